The molecule has 0 spiro atoms. The zero-order valence-corrected chi connectivity index (χ0v) is 21.2. The van der Waals surface area contributed by atoms with Crippen molar-refractivity contribution in [3.05, 3.63) is 82.0 Å². The van der Waals surface area contributed by atoms with E-state index in [9.17, 15) is 0 Å². The summed E-state index contributed by atoms with van der Waals surface area (Å²) in [5.74, 6) is 2.83. The van der Waals surface area contributed by atoms with Crippen LogP contribution in [0.4, 0.5) is 0 Å². The van der Waals surface area contributed by atoms with Crippen LogP contribution in [-0.4, -0.2) is 45.4 Å². The fourth-order valence-corrected chi connectivity index (χ4v) is 6.78. The Morgan fingerprint density at radius 2 is 1.69 bits per heavy atom. The molecule has 180 valence electrons. The van der Waals surface area contributed by atoms with Gasteiger partial charge in [-0.25, -0.2) is 0 Å². The third-order valence-corrected chi connectivity index (χ3v) is 8.52. The van der Waals surface area contributed by atoms with Gasteiger partial charge in [-0.15, -0.1) is 11.3 Å². The smallest absolute Gasteiger partial charge is 0.120 e. The lowest BCUT2D eigenvalue weighted by molar-refractivity contribution is 0.183. The first-order valence-electron chi connectivity index (χ1n) is 12.5. The number of rotatable bonds is 7. The van der Waals surface area contributed by atoms with E-state index in [1.165, 1.54) is 75.2 Å². The van der Waals surface area contributed by atoms with Crippen LogP contribution in [0.3, 0.4) is 0 Å². The molecular weight excluding hydrogens is 454 g/mol. The fraction of sp³-hybridized carbons (Fsp3) is 0.333. The van der Waals surface area contributed by atoms with E-state index in [1.54, 1.807) is 14.2 Å². The Labute approximate surface area is 211 Å². The predicted molar refractivity (Wildman–Crippen MR) is 144 cm³/mol. The summed E-state index contributed by atoms with van der Waals surface area (Å²) in [5, 5.41) is 1.28. The van der Waals surface area contributed by atoms with E-state index in [1.807, 2.05) is 11.3 Å². The van der Waals surface area contributed by atoms with Gasteiger partial charge in [-0.1, -0.05) is 18.6 Å². The second kappa shape index (κ2) is 9.56. The zero-order chi connectivity index (χ0) is 23.8. The molecule has 2 heterocycles. The summed E-state index contributed by atoms with van der Waals surface area (Å²) in [7, 11) is 3.48. The summed E-state index contributed by atoms with van der Waals surface area (Å²) in [4.78, 5) is 3.85. The van der Waals surface area contributed by atoms with E-state index < -0.39 is 0 Å². The molecule has 0 unspecified atom stereocenters. The number of thiophene rings is 1. The van der Waals surface area contributed by atoms with Crippen LogP contribution in [0.15, 0.2) is 65.9 Å². The summed E-state index contributed by atoms with van der Waals surface area (Å²) >= 11 is 1.85. The van der Waals surface area contributed by atoms with E-state index in [0.717, 1.165) is 36.8 Å². The summed E-state index contributed by atoms with van der Waals surface area (Å²) in [6.07, 6.45) is 9.13. The van der Waals surface area contributed by atoms with E-state index in [-0.39, 0.29) is 0 Å². The Morgan fingerprint density at radius 1 is 0.886 bits per heavy atom. The molecule has 0 bridgehead atoms. The molecule has 35 heavy (non-hydrogen) atoms. The van der Waals surface area contributed by atoms with Gasteiger partial charge >= 0.3 is 0 Å². The molecule has 1 saturated heterocycles. The van der Waals surface area contributed by atoms with Crippen molar-refractivity contribution in [3.63, 3.8) is 0 Å². The van der Waals surface area contributed by atoms with Crippen LogP contribution in [0.2, 0.25) is 0 Å². The number of fused-ring (bicyclic) bond motifs is 5. The Balaban J connectivity index is 1.32. The van der Waals surface area contributed by atoms with Crippen molar-refractivity contribution < 1.29 is 14.2 Å². The molecule has 6 rings (SSSR count). The summed E-state index contributed by atoms with van der Waals surface area (Å²) in [5.41, 5.74) is 6.53. The molecule has 5 heteroatoms. The van der Waals surface area contributed by atoms with Gasteiger partial charge in [0.05, 0.1) is 20.0 Å². The molecule has 3 aliphatic rings. The molecule has 0 N–H and O–H groups in total. The summed E-state index contributed by atoms with van der Waals surface area (Å²) in [6.45, 7) is 4.15. The van der Waals surface area contributed by atoms with Gasteiger partial charge in [-0.05, 0) is 90.7 Å². The van der Waals surface area contributed by atoms with Crippen LogP contribution in [0, 0.1) is 0 Å². The minimum Gasteiger partial charge on any atom is -0.501 e. The number of benzene rings is 2. The SMILES string of the molecule is COC1=CC=C2C(=C(c3ccc(OCCN4CCCCC4)cc3)c3c2sc2cc(OC)ccc32)C1. The number of nitrogens with zero attached hydrogens (tertiary/aromatic N) is 1. The van der Waals surface area contributed by atoms with Crippen LogP contribution >= 0.6 is 11.3 Å². The highest BCUT2D eigenvalue weighted by atomic mass is 32.1. The average molecular weight is 486 g/mol. The maximum atomic E-state index is 6.11. The third kappa shape index (κ3) is 4.17. The summed E-state index contributed by atoms with van der Waals surface area (Å²) < 4.78 is 18.5. The number of allylic oxidation sites excluding steroid dienone is 4. The lowest BCUT2D eigenvalue weighted by Crippen LogP contribution is -2.33. The van der Waals surface area contributed by atoms with E-state index in [4.69, 9.17) is 14.2 Å². The van der Waals surface area contributed by atoms with Crippen molar-refractivity contribution in [1.29, 1.82) is 0 Å². The quantitative estimate of drug-likeness (QED) is 0.364. The Hall–Kier alpha value is -3.02. The highest BCUT2D eigenvalue weighted by Gasteiger charge is 2.33. The van der Waals surface area contributed by atoms with Crippen molar-refractivity contribution in [1.82, 2.24) is 4.90 Å². The van der Waals surface area contributed by atoms with E-state index in [2.05, 4.69) is 59.5 Å². The van der Waals surface area contributed by atoms with Crippen LogP contribution in [0.25, 0.3) is 21.2 Å². The molecule has 0 atom stereocenters. The molecule has 1 aromatic heterocycles. The molecule has 2 aliphatic carbocycles. The van der Waals surface area contributed by atoms with Crippen LogP contribution in [-0.2, 0) is 4.74 Å². The highest BCUT2D eigenvalue weighted by Crippen LogP contribution is 2.54. The minimum atomic E-state index is 0.739. The van der Waals surface area contributed by atoms with Gasteiger partial charge in [-0.2, -0.15) is 0 Å². The lowest BCUT2D eigenvalue weighted by atomic mass is 9.92. The van der Waals surface area contributed by atoms with E-state index >= 15 is 0 Å². The number of hydrogen-bond acceptors (Lipinski definition) is 5. The molecule has 2 aromatic carbocycles. The van der Waals surface area contributed by atoms with E-state index in [0.29, 0.717) is 0 Å². The molecule has 0 radical (unpaired) electrons. The molecule has 1 fully saturated rings. The highest BCUT2D eigenvalue weighted by molar-refractivity contribution is 7.20. The maximum Gasteiger partial charge on any atom is 0.120 e. The van der Waals surface area contributed by atoms with Gasteiger partial charge < -0.3 is 14.2 Å². The average Bonchev–Trinajstić information content (AvgIpc) is 3.43. The van der Waals surface area contributed by atoms with Gasteiger partial charge in [0.2, 0.25) is 0 Å². The molecule has 3 aromatic rings. The van der Waals surface area contributed by atoms with Gasteiger partial charge in [0, 0.05) is 33.5 Å². The number of ether oxygens (including phenoxy) is 3. The van der Waals surface area contributed by atoms with Gasteiger partial charge in [0.25, 0.3) is 0 Å². The molecule has 0 amide bonds. The number of likely N-dealkylation sites (tertiary alicyclic amines) is 1. The fourth-order valence-electron chi connectivity index (χ4n) is 5.49. The minimum absolute atomic E-state index is 0.739. The molecular formula is C30H31NO3S. The maximum absolute atomic E-state index is 6.11. The Morgan fingerprint density at radius 3 is 2.46 bits per heavy atom. The first-order valence-corrected chi connectivity index (χ1v) is 13.3. The van der Waals surface area contributed by atoms with Crippen molar-refractivity contribution in [2.24, 2.45) is 0 Å². The van der Waals surface area contributed by atoms with Crippen molar-refractivity contribution in [2.75, 3.05) is 40.5 Å². The van der Waals surface area contributed by atoms with Crippen molar-refractivity contribution in [2.45, 2.75) is 25.7 Å². The standard InChI is InChI=1S/C30H31NO3S/c1-32-22-10-12-24-26(18-22)28(29-25-13-11-23(33-2)19-27(25)35-30(24)29)20-6-8-21(9-7-20)34-17-16-31-14-4-3-5-15-31/h6-13,19H,3-5,14-18H2,1-2H3. The van der Waals surface area contributed by atoms with Crippen LogP contribution in [0.1, 0.15) is 41.7 Å². The van der Waals surface area contributed by atoms with Gasteiger partial charge in [0.1, 0.15) is 18.1 Å². The summed E-state index contributed by atoms with van der Waals surface area (Å²) in [6, 6.07) is 15.1. The second-order valence-electron chi connectivity index (χ2n) is 9.39. The largest absolute Gasteiger partial charge is 0.501 e. The first-order chi connectivity index (χ1) is 17.2. The Bertz CT molecular complexity index is 1340. The van der Waals surface area contributed by atoms with Crippen molar-refractivity contribution >= 4 is 32.6 Å². The molecule has 4 nitrogen and oxygen atoms in total. The van der Waals surface area contributed by atoms with Gasteiger partial charge in [-0.3, -0.25) is 4.90 Å². The number of piperidine rings is 1. The van der Waals surface area contributed by atoms with Crippen LogP contribution in [0.5, 0.6) is 11.5 Å². The molecule has 0 saturated carbocycles. The predicted octanol–water partition coefficient (Wildman–Crippen LogP) is 6.91. The lowest BCUT2D eigenvalue weighted by Gasteiger charge is -2.26. The number of methoxy groups -OCH3 is 2. The number of hydrogen-bond donors (Lipinski definition) is 0. The first kappa shape index (κ1) is 22.4. The monoisotopic (exact) mass is 485 g/mol. The van der Waals surface area contributed by atoms with Crippen LogP contribution < -0.4 is 9.47 Å². The van der Waals surface area contributed by atoms with Crippen molar-refractivity contribution in [3.8, 4) is 11.5 Å². The second-order valence-corrected chi connectivity index (χ2v) is 10.4. The molecule has 1 aliphatic heterocycles. The normalized spacial score (nSPS) is 17.7. The zero-order valence-electron chi connectivity index (χ0n) is 20.4. The third-order valence-electron chi connectivity index (χ3n) is 7.34. The Kier molecular flexibility index (Phi) is 6.13. The topological polar surface area (TPSA) is 30.9 Å². The van der Waals surface area contributed by atoms with Gasteiger partial charge in [0.15, 0.2) is 0 Å².